The molecule has 0 aromatic carbocycles. The highest BCUT2D eigenvalue weighted by Crippen LogP contribution is 2.23. The van der Waals surface area contributed by atoms with Gasteiger partial charge >= 0.3 is 5.97 Å². The van der Waals surface area contributed by atoms with Crippen LogP contribution in [0, 0.1) is 0 Å². The van der Waals surface area contributed by atoms with Crippen molar-refractivity contribution in [1.29, 1.82) is 0 Å². The second-order valence-electron chi connectivity index (χ2n) is 5.05. The van der Waals surface area contributed by atoms with Gasteiger partial charge in [0.2, 0.25) is 0 Å². The summed E-state index contributed by atoms with van der Waals surface area (Å²) in [7, 11) is 1.39. The van der Waals surface area contributed by atoms with Crippen LogP contribution in [0.4, 0.5) is 0 Å². The molecule has 17 heavy (non-hydrogen) atoms. The summed E-state index contributed by atoms with van der Waals surface area (Å²) in [5, 5.41) is 11.9. The molecule has 0 aromatic heterocycles. The monoisotopic (exact) mass is 245 g/mol. The smallest absolute Gasteiger partial charge is 0.322 e. The summed E-state index contributed by atoms with van der Waals surface area (Å²) >= 11 is 0. The third-order valence-corrected chi connectivity index (χ3v) is 3.00. The van der Waals surface area contributed by atoms with Gasteiger partial charge in [-0.05, 0) is 26.7 Å². The van der Waals surface area contributed by atoms with E-state index >= 15 is 0 Å². The molecule has 2 N–H and O–H groups in total. The van der Waals surface area contributed by atoms with E-state index in [9.17, 15) is 4.79 Å². The predicted octanol–water partition coefficient (Wildman–Crippen LogP) is 0.458. The van der Waals surface area contributed by atoms with E-state index in [0.717, 1.165) is 12.8 Å². The van der Waals surface area contributed by atoms with Crippen molar-refractivity contribution in [3.05, 3.63) is 0 Å². The summed E-state index contributed by atoms with van der Waals surface area (Å²) in [5.41, 5.74) is -0.264. The molecule has 1 rings (SSSR count). The summed E-state index contributed by atoms with van der Waals surface area (Å²) < 4.78 is 10.6. The van der Waals surface area contributed by atoms with Gasteiger partial charge < -0.3 is 19.9 Å². The number of aliphatic hydroxyl groups excluding tert-OH is 1. The standard InChI is InChI=1S/C12H23NO4/c1-12(2,5-4-6-14)17-9-7-10(13-8-9)11(15)16-3/h9-10,13-14H,4-8H2,1-3H3/t9-,10+/m1/s1. The SMILES string of the molecule is COC(=O)[C@@H]1C[C@@H](OC(C)(C)CCCO)CN1. The zero-order valence-electron chi connectivity index (χ0n) is 10.9. The number of nitrogens with one attached hydrogen (secondary N) is 1. The molecule has 1 aliphatic rings. The Morgan fingerprint density at radius 1 is 1.53 bits per heavy atom. The molecule has 0 radical (unpaired) electrons. The number of methoxy groups -OCH3 is 1. The van der Waals surface area contributed by atoms with Crippen LogP contribution in [0.15, 0.2) is 0 Å². The van der Waals surface area contributed by atoms with E-state index in [1.807, 2.05) is 13.8 Å². The van der Waals surface area contributed by atoms with Crippen LogP contribution in [-0.4, -0.2) is 49.1 Å². The molecule has 1 heterocycles. The third-order valence-electron chi connectivity index (χ3n) is 3.00. The van der Waals surface area contributed by atoms with Gasteiger partial charge in [0, 0.05) is 19.6 Å². The second kappa shape index (κ2) is 6.33. The average Bonchev–Trinajstić information content (AvgIpc) is 2.73. The molecule has 5 nitrogen and oxygen atoms in total. The number of hydrogen-bond acceptors (Lipinski definition) is 5. The first-order valence-corrected chi connectivity index (χ1v) is 6.08. The molecule has 0 spiro atoms. The second-order valence-corrected chi connectivity index (χ2v) is 5.05. The lowest BCUT2D eigenvalue weighted by molar-refractivity contribution is -0.143. The zero-order chi connectivity index (χ0) is 12.9. The molecule has 1 saturated heterocycles. The Balaban J connectivity index is 2.36. The molecule has 1 fully saturated rings. The molecular formula is C12H23NO4. The zero-order valence-corrected chi connectivity index (χ0v) is 10.9. The van der Waals surface area contributed by atoms with Gasteiger partial charge in [-0.3, -0.25) is 4.79 Å². The molecule has 100 valence electrons. The first kappa shape index (κ1) is 14.4. The highest BCUT2D eigenvalue weighted by atomic mass is 16.5. The quantitative estimate of drug-likeness (QED) is 0.665. The fraction of sp³-hybridized carbons (Fsp3) is 0.917. The van der Waals surface area contributed by atoms with Gasteiger partial charge in [-0.25, -0.2) is 0 Å². The van der Waals surface area contributed by atoms with Crippen LogP contribution in [0.3, 0.4) is 0 Å². The Morgan fingerprint density at radius 3 is 2.82 bits per heavy atom. The van der Waals surface area contributed by atoms with Crippen LogP contribution in [0.2, 0.25) is 0 Å². The van der Waals surface area contributed by atoms with Gasteiger partial charge in [0.15, 0.2) is 0 Å². The van der Waals surface area contributed by atoms with Gasteiger partial charge in [0.05, 0.1) is 18.8 Å². The lowest BCUT2D eigenvalue weighted by Gasteiger charge is -2.28. The molecule has 2 atom stereocenters. The molecule has 0 bridgehead atoms. The van der Waals surface area contributed by atoms with Crippen molar-refractivity contribution in [2.75, 3.05) is 20.3 Å². The van der Waals surface area contributed by atoms with Crippen molar-refractivity contribution in [1.82, 2.24) is 5.32 Å². The number of rotatable bonds is 6. The molecule has 1 aliphatic heterocycles. The van der Waals surface area contributed by atoms with Gasteiger partial charge in [0.25, 0.3) is 0 Å². The van der Waals surface area contributed by atoms with Crippen LogP contribution < -0.4 is 5.32 Å². The number of hydrogen-bond donors (Lipinski definition) is 2. The Labute approximate surface area is 102 Å². The normalized spacial score (nSPS) is 24.9. The highest BCUT2D eigenvalue weighted by molar-refractivity contribution is 5.76. The first-order chi connectivity index (χ1) is 7.98. The molecule has 5 heteroatoms. The van der Waals surface area contributed by atoms with Crippen molar-refractivity contribution in [3.8, 4) is 0 Å². The van der Waals surface area contributed by atoms with Crippen LogP contribution in [0.1, 0.15) is 33.1 Å². The van der Waals surface area contributed by atoms with E-state index in [-0.39, 0.29) is 30.3 Å². The van der Waals surface area contributed by atoms with Crippen LogP contribution in [-0.2, 0) is 14.3 Å². The minimum Gasteiger partial charge on any atom is -0.468 e. The Morgan fingerprint density at radius 2 is 2.24 bits per heavy atom. The van der Waals surface area contributed by atoms with E-state index < -0.39 is 0 Å². The average molecular weight is 245 g/mol. The maximum atomic E-state index is 11.3. The molecule has 0 amide bonds. The van der Waals surface area contributed by atoms with Gasteiger partial charge in [0.1, 0.15) is 6.04 Å². The summed E-state index contributed by atoms with van der Waals surface area (Å²) in [6.45, 7) is 4.87. The van der Waals surface area contributed by atoms with E-state index in [0.29, 0.717) is 13.0 Å². The van der Waals surface area contributed by atoms with E-state index in [4.69, 9.17) is 9.84 Å². The fourth-order valence-electron chi connectivity index (χ4n) is 2.13. The summed E-state index contributed by atoms with van der Waals surface area (Å²) in [6, 6.07) is -0.251. The number of ether oxygens (including phenoxy) is 2. The van der Waals surface area contributed by atoms with Crippen LogP contribution in [0.25, 0.3) is 0 Å². The molecular weight excluding hydrogens is 222 g/mol. The Bertz CT molecular complexity index is 255. The Kier molecular flexibility index (Phi) is 5.36. The van der Waals surface area contributed by atoms with E-state index in [2.05, 4.69) is 10.1 Å². The lowest BCUT2D eigenvalue weighted by Crippen LogP contribution is -2.32. The van der Waals surface area contributed by atoms with Gasteiger partial charge in [-0.2, -0.15) is 0 Å². The van der Waals surface area contributed by atoms with Crippen molar-refractivity contribution in [2.24, 2.45) is 0 Å². The van der Waals surface area contributed by atoms with E-state index in [1.165, 1.54) is 7.11 Å². The minimum atomic E-state index is -0.264. The lowest BCUT2D eigenvalue weighted by atomic mass is 10.0. The maximum Gasteiger partial charge on any atom is 0.322 e. The number of esters is 1. The first-order valence-electron chi connectivity index (χ1n) is 6.08. The number of carbonyl (C=O) groups is 1. The van der Waals surface area contributed by atoms with E-state index in [1.54, 1.807) is 0 Å². The molecule has 0 saturated carbocycles. The third kappa shape index (κ3) is 4.61. The summed E-state index contributed by atoms with van der Waals surface area (Å²) in [6.07, 6.45) is 2.22. The van der Waals surface area contributed by atoms with Crippen molar-refractivity contribution in [3.63, 3.8) is 0 Å². The maximum absolute atomic E-state index is 11.3. The number of aliphatic hydroxyl groups is 1. The van der Waals surface area contributed by atoms with Gasteiger partial charge in [-0.1, -0.05) is 0 Å². The van der Waals surface area contributed by atoms with Crippen molar-refractivity contribution in [2.45, 2.75) is 50.9 Å². The van der Waals surface area contributed by atoms with Crippen molar-refractivity contribution >= 4 is 5.97 Å². The van der Waals surface area contributed by atoms with Crippen LogP contribution >= 0.6 is 0 Å². The van der Waals surface area contributed by atoms with Gasteiger partial charge in [-0.15, -0.1) is 0 Å². The number of carbonyl (C=O) groups excluding carboxylic acids is 1. The fourth-order valence-corrected chi connectivity index (χ4v) is 2.13. The van der Waals surface area contributed by atoms with Crippen LogP contribution in [0.5, 0.6) is 0 Å². The molecule has 0 unspecified atom stereocenters. The summed E-state index contributed by atoms with van der Waals surface area (Å²) in [4.78, 5) is 11.3. The largest absolute Gasteiger partial charge is 0.468 e. The molecule has 0 aromatic rings. The predicted molar refractivity (Wildman–Crippen MR) is 63.7 cm³/mol. The molecule has 0 aliphatic carbocycles. The topological polar surface area (TPSA) is 67.8 Å². The summed E-state index contributed by atoms with van der Waals surface area (Å²) in [5.74, 6) is -0.232. The minimum absolute atomic E-state index is 0.0350. The highest BCUT2D eigenvalue weighted by Gasteiger charge is 2.33. The van der Waals surface area contributed by atoms with Crippen molar-refractivity contribution < 1.29 is 19.4 Å². The Hall–Kier alpha value is -0.650.